The van der Waals surface area contributed by atoms with Crippen LogP contribution in [-0.4, -0.2) is 93.0 Å². The van der Waals surface area contributed by atoms with Gasteiger partial charge in [-0.05, 0) is 12.8 Å². The minimum Gasteiger partial charge on any atom is -0.756 e. The summed E-state index contributed by atoms with van der Waals surface area (Å²) in [6.07, 6.45) is 11.7. The zero-order valence-electron chi connectivity index (χ0n) is 40.5. The molecular formula is C41H78Na3O19P3. The number of hydrogen-bond acceptors (Lipinski definition) is 17. The molecule has 0 bridgehead atoms. The maximum absolute atomic E-state index is 12.9. The van der Waals surface area contributed by atoms with E-state index in [0.717, 1.165) is 57.8 Å². The second kappa shape index (κ2) is 42.5. The largest absolute Gasteiger partial charge is 1.00 e. The third-order valence-electron chi connectivity index (χ3n) is 10.9. The fourth-order valence-corrected chi connectivity index (χ4v) is 9.45. The summed E-state index contributed by atoms with van der Waals surface area (Å²) in [7, 11) is -17.4. The van der Waals surface area contributed by atoms with E-state index in [4.69, 9.17) is 23.4 Å². The van der Waals surface area contributed by atoms with Crippen LogP contribution in [0.4, 0.5) is 0 Å². The van der Waals surface area contributed by atoms with Crippen LogP contribution in [0.15, 0.2) is 0 Å². The predicted octanol–water partition coefficient (Wildman–Crippen LogP) is -2.93. The number of unbranched alkanes of at least 4 members (excludes halogenated alkanes) is 24. The third kappa shape index (κ3) is 37.8. The zero-order valence-corrected chi connectivity index (χ0v) is 49.2. The molecule has 1 aliphatic rings. The summed E-state index contributed by atoms with van der Waals surface area (Å²) >= 11 is 0. The average Bonchev–Trinajstić information content (AvgIpc) is 3.20. The summed E-state index contributed by atoms with van der Waals surface area (Å²) in [4.78, 5) is 79.4. The fourth-order valence-electron chi connectivity index (χ4n) is 7.39. The third-order valence-corrected chi connectivity index (χ3v) is 12.9. The van der Waals surface area contributed by atoms with E-state index in [2.05, 4.69) is 22.9 Å². The van der Waals surface area contributed by atoms with Gasteiger partial charge in [-0.25, -0.2) is 0 Å². The van der Waals surface area contributed by atoms with Crippen LogP contribution in [0.3, 0.4) is 0 Å². The molecule has 0 spiro atoms. The molecule has 0 aliphatic heterocycles. The van der Waals surface area contributed by atoms with Gasteiger partial charge in [0.1, 0.15) is 43.2 Å². The Kier molecular flexibility index (Phi) is 46.6. The zero-order chi connectivity index (χ0) is 47.2. The van der Waals surface area contributed by atoms with Gasteiger partial charge in [-0.3, -0.25) is 23.3 Å². The number of hydrogen-bond donors (Lipinski definition) is 5. The van der Waals surface area contributed by atoms with Gasteiger partial charge in [-0.2, -0.15) is 0 Å². The summed E-state index contributed by atoms with van der Waals surface area (Å²) in [5, 5.41) is 31.6. The smallest absolute Gasteiger partial charge is 0.756 e. The maximum Gasteiger partial charge on any atom is 1.00 e. The van der Waals surface area contributed by atoms with Gasteiger partial charge < -0.3 is 67.4 Å². The molecule has 25 heteroatoms. The van der Waals surface area contributed by atoms with Crippen molar-refractivity contribution in [3.8, 4) is 0 Å². The molecule has 1 saturated carbocycles. The first kappa shape index (κ1) is 72.4. The quantitative estimate of drug-likeness (QED) is 0.0178. The number of aliphatic hydroxyl groups is 3. The SMILES string of the molecule is CCCCCCCCCCCCCCCC(=O)OC[C@H](COP(=O)([O-])O[C@@H]1[C@H](O)[C@H](O)[C@@H](OP(=O)([O-])O)[C@H](OP(=O)([O-])O)[C@H]1O)OC(=O)CCCCCCCCCCCCCCC.[Na+].[Na+].[Na+]. The molecule has 10 atom stereocenters. The van der Waals surface area contributed by atoms with E-state index >= 15 is 0 Å². The van der Waals surface area contributed by atoms with Gasteiger partial charge in [0.2, 0.25) is 0 Å². The number of aliphatic hydroxyl groups excluding tert-OH is 3. The second-order valence-electron chi connectivity index (χ2n) is 16.6. The molecule has 374 valence electrons. The van der Waals surface area contributed by atoms with Gasteiger partial charge in [0.15, 0.2) is 6.10 Å². The number of phosphoric ester groups is 3. The Hall–Kier alpha value is 2.15. The molecule has 0 aromatic rings. The van der Waals surface area contributed by atoms with Gasteiger partial charge in [-0.1, -0.05) is 168 Å². The van der Waals surface area contributed by atoms with Crippen molar-refractivity contribution in [2.24, 2.45) is 0 Å². The number of ether oxygens (including phenoxy) is 2. The van der Waals surface area contributed by atoms with E-state index in [1.54, 1.807) is 0 Å². The van der Waals surface area contributed by atoms with Gasteiger partial charge in [0.05, 0.1) is 6.61 Å². The summed E-state index contributed by atoms with van der Waals surface area (Å²) in [6.45, 7) is 2.81. The van der Waals surface area contributed by atoms with Crippen molar-refractivity contribution in [2.45, 2.75) is 236 Å². The Morgan fingerprint density at radius 1 is 0.470 bits per heavy atom. The Morgan fingerprint density at radius 2 is 0.788 bits per heavy atom. The van der Waals surface area contributed by atoms with Crippen LogP contribution in [0.25, 0.3) is 0 Å². The molecule has 1 aliphatic carbocycles. The Bertz CT molecular complexity index is 1360. The van der Waals surface area contributed by atoms with E-state index in [1.165, 1.54) is 96.3 Å². The molecule has 0 aromatic heterocycles. The van der Waals surface area contributed by atoms with E-state index in [1.807, 2.05) is 0 Å². The second-order valence-corrected chi connectivity index (χ2v) is 20.3. The molecule has 0 heterocycles. The molecular weight excluding hydrogens is 958 g/mol. The summed E-state index contributed by atoms with van der Waals surface area (Å²) in [5.74, 6) is -1.34. The van der Waals surface area contributed by atoms with Crippen LogP contribution in [-0.2, 0) is 50.9 Å². The van der Waals surface area contributed by atoms with E-state index in [-0.39, 0.29) is 102 Å². The molecule has 66 heavy (non-hydrogen) atoms. The van der Waals surface area contributed by atoms with Crippen molar-refractivity contribution in [2.75, 3.05) is 13.2 Å². The topological polar surface area (TPSA) is 311 Å². The molecule has 1 fully saturated rings. The van der Waals surface area contributed by atoms with Crippen LogP contribution < -0.4 is 103 Å². The van der Waals surface area contributed by atoms with Crippen LogP contribution in [0.2, 0.25) is 0 Å². The van der Waals surface area contributed by atoms with Crippen molar-refractivity contribution in [1.29, 1.82) is 0 Å². The summed E-state index contributed by atoms with van der Waals surface area (Å²) in [5.41, 5.74) is 0. The molecule has 0 radical (unpaired) electrons. The van der Waals surface area contributed by atoms with Gasteiger partial charge in [0.25, 0.3) is 23.5 Å². The number of phosphoric acid groups is 3. The average molecular weight is 1040 g/mol. The van der Waals surface area contributed by atoms with Gasteiger partial charge in [-0.15, -0.1) is 0 Å². The van der Waals surface area contributed by atoms with Crippen molar-refractivity contribution in [3.63, 3.8) is 0 Å². The van der Waals surface area contributed by atoms with E-state index in [0.29, 0.717) is 12.8 Å². The van der Waals surface area contributed by atoms with Crippen molar-refractivity contribution >= 4 is 35.4 Å². The van der Waals surface area contributed by atoms with Crippen LogP contribution in [0, 0.1) is 0 Å². The molecule has 3 unspecified atom stereocenters. The van der Waals surface area contributed by atoms with Crippen LogP contribution >= 0.6 is 23.5 Å². The van der Waals surface area contributed by atoms with Crippen molar-refractivity contribution < 1.29 is 179 Å². The Morgan fingerprint density at radius 3 is 1.15 bits per heavy atom. The molecule has 0 saturated heterocycles. The van der Waals surface area contributed by atoms with Crippen LogP contribution in [0.1, 0.15) is 194 Å². The van der Waals surface area contributed by atoms with E-state index in [9.17, 15) is 58.2 Å². The Balaban J connectivity index is -0.0000132. The first-order valence-corrected chi connectivity index (χ1v) is 27.7. The van der Waals surface area contributed by atoms with E-state index < -0.39 is 91.3 Å². The normalized spacial score (nSPS) is 22.6. The molecule has 0 aromatic carbocycles. The fraction of sp³-hybridized carbons (Fsp3) is 0.951. The van der Waals surface area contributed by atoms with Crippen molar-refractivity contribution in [1.82, 2.24) is 0 Å². The summed E-state index contributed by atoms with van der Waals surface area (Å²) in [6, 6.07) is 0. The maximum atomic E-state index is 12.9. The monoisotopic (exact) mass is 1040 g/mol. The standard InChI is InChI=1S/C41H81O19P3.3Na/c1-3-5-7-9-11-13-15-17-19-21-23-25-27-29-34(42)55-31-33(57-35(43)30-28-26-24-22-20-18-16-14-12-10-8-6-4-2)32-56-63(53,54)60-39-36(44)37(45)40(58-61(47,48)49)41(38(39)46)59-62(50,51)52;;;/h33,36-41,44-46H,3-32H2,1-2H3,(H,53,54)(H2,47,48,49)(H2,50,51,52);;;/q;3*+1/p-3/t33-,36-,37+,38+,39-,40-,41-;;;/m1.../s1. The van der Waals surface area contributed by atoms with Crippen molar-refractivity contribution in [3.05, 3.63) is 0 Å². The van der Waals surface area contributed by atoms with Gasteiger partial charge >= 0.3 is 101 Å². The number of carbonyl (C=O) groups excluding carboxylic acids is 2. The molecule has 1 rings (SSSR count). The molecule has 0 amide bonds. The molecule has 19 nitrogen and oxygen atoms in total. The first-order valence-electron chi connectivity index (χ1n) is 23.3. The number of esters is 2. The molecule has 5 N–H and O–H groups in total. The first-order chi connectivity index (χ1) is 29.8. The minimum absolute atomic E-state index is 0. The minimum atomic E-state index is -5.88. The van der Waals surface area contributed by atoms with Crippen LogP contribution in [0.5, 0.6) is 0 Å². The summed E-state index contributed by atoms with van der Waals surface area (Å²) < 4.78 is 64.3. The number of carbonyl (C=O) groups is 2. The number of rotatable bonds is 40. The Labute approximate surface area is 460 Å². The predicted molar refractivity (Wildman–Crippen MR) is 227 cm³/mol. The van der Waals surface area contributed by atoms with Gasteiger partial charge in [0, 0.05) is 12.8 Å².